The van der Waals surface area contributed by atoms with Crippen LogP contribution in [0.3, 0.4) is 0 Å². The third-order valence-electron chi connectivity index (χ3n) is 4.16. The Bertz CT molecular complexity index is 944. The van der Waals surface area contributed by atoms with E-state index in [1.54, 1.807) is 16.8 Å². The highest BCUT2D eigenvalue weighted by atomic mass is 79.9. The molecule has 3 heterocycles. The first-order chi connectivity index (χ1) is 13.3. The molecule has 11 heteroatoms. The third kappa shape index (κ3) is 4.98. The van der Waals surface area contributed by atoms with Crippen LogP contribution in [0.2, 0.25) is 5.28 Å². The molecule has 3 rings (SSSR count). The van der Waals surface area contributed by atoms with E-state index in [1.807, 2.05) is 13.0 Å². The molecule has 0 bridgehead atoms. The van der Waals surface area contributed by atoms with Gasteiger partial charge < -0.3 is 9.73 Å². The van der Waals surface area contributed by atoms with E-state index in [-0.39, 0.29) is 18.3 Å². The summed E-state index contributed by atoms with van der Waals surface area (Å²) in [6.45, 7) is 1.97. The molecule has 6 nitrogen and oxygen atoms in total. The van der Waals surface area contributed by atoms with Crippen molar-refractivity contribution in [1.82, 2.24) is 14.6 Å². The van der Waals surface area contributed by atoms with E-state index < -0.39 is 6.36 Å². The van der Waals surface area contributed by atoms with E-state index >= 15 is 0 Å². The number of aromatic nitrogens is 3. The Hall–Kier alpha value is -1.78. The summed E-state index contributed by atoms with van der Waals surface area (Å²) in [6, 6.07) is 3.63. The molecule has 0 aromatic carbocycles. The summed E-state index contributed by atoms with van der Waals surface area (Å²) >= 11 is 9.57. The molecule has 3 aromatic heterocycles. The lowest BCUT2D eigenvalue weighted by molar-refractivity contribution is -0.324. The van der Waals surface area contributed by atoms with Crippen molar-refractivity contribution in [3.63, 3.8) is 0 Å². The van der Waals surface area contributed by atoms with Crippen molar-refractivity contribution in [2.24, 2.45) is 0 Å². The lowest BCUT2D eigenvalue weighted by atomic mass is 10.1. The predicted molar refractivity (Wildman–Crippen MR) is 101 cm³/mol. The molecular formula is C17H17BrClF3N4O2. The minimum atomic E-state index is -4.59. The summed E-state index contributed by atoms with van der Waals surface area (Å²) in [5, 5.41) is 7.48. The predicted octanol–water partition coefficient (Wildman–Crippen LogP) is 5.52. The standard InChI is InChI=1S/C17H17BrClF3N4O2/c1-10-12(6-2-3-8-28-17(20,21)22)14(18)26-13(10)15(24-16(19)25-26)23-9-11-5-4-7-27-11/h4-5,7H,2-3,6,8-9H2,1H3,(H,23,24,25). The molecule has 0 aliphatic heterocycles. The van der Waals surface area contributed by atoms with Gasteiger partial charge in [-0.1, -0.05) is 0 Å². The third-order valence-corrected chi connectivity index (χ3v) is 5.14. The monoisotopic (exact) mass is 480 g/mol. The van der Waals surface area contributed by atoms with Gasteiger partial charge in [-0.15, -0.1) is 18.3 Å². The van der Waals surface area contributed by atoms with Crippen molar-refractivity contribution >= 4 is 38.9 Å². The van der Waals surface area contributed by atoms with Crippen LogP contribution >= 0.6 is 27.5 Å². The van der Waals surface area contributed by atoms with Crippen molar-refractivity contribution in [3.8, 4) is 0 Å². The number of nitrogens with zero attached hydrogens (tertiary/aromatic N) is 3. The number of unbranched alkanes of at least 4 members (excludes halogenated alkanes) is 1. The second-order valence-electron chi connectivity index (χ2n) is 6.07. The Labute approximate surface area is 172 Å². The van der Waals surface area contributed by atoms with Crippen molar-refractivity contribution in [3.05, 3.63) is 45.2 Å². The number of nitrogens with one attached hydrogen (secondary N) is 1. The number of hydrogen-bond acceptors (Lipinski definition) is 5. The second kappa shape index (κ2) is 8.71. The summed E-state index contributed by atoms with van der Waals surface area (Å²) in [4.78, 5) is 4.27. The van der Waals surface area contributed by atoms with Crippen LogP contribution in [0, 0.1) is 6.92 Å². The Morgan fingerprint density at radius 2 is 2.14 bits per heavy atom. The number of hydrogen-bond donors (Lipinski definition) is 1. The molecule has 152 valence electrons. The van der Waals surface area contributed by atoms with Crippen molar-refractivity contribution in [1.29, 1.82) is 0 Å². The largest absolute Gasteiger partial charge is 0.522 e. The van der Waals surface area contributed by atoms with Gasteiger partial charge >= 0.3 is 6.36 Å². The summed E-state index contributed by atoms with van der Waals surface area (Å²) in [5.74, 6) is 1.28. The number of alkyl halides is 3. The number of furan rings is 1. The lowest BCUT2D eigenvalue weighted by Crippen LogP contribution is -2.14. The van der Waals surface area contributed by atoms with Gasteiger partial charge in [-0.25, -0.2) is 4.52 Å². The molecule has 0 amide bonds. The number of halogens is 5. The number of ether oxygens (including phenoxy) is 1. The molecule has 28 heavy (non-hydrogen) atoms. The zero-order valence-corrected chi connectivity index (χ0v) is 17.2. The maximum absolute atomic E-state index is 12.1. The van der Waals surface area contributed by atoms with Gasteiger partial charge in [0.15, 0.2) is 5.82 Å². The second-order valence-corrected chi connectivity index (χ2v) is 7.16. The number of anilines is 1. The fourth-order valence-corrected chi connectivity index (χ4v) is 3.81. The van der Waals surface area contributed by atoms with Gasteiger partial charge in [-0.3, -0.25) is 4.74 Å². The molecule has 0 saturated carbocycles. The van der Waals surface area contributed by atoms with Crippen molar-refractivity contribution in [2.75, 3.05) is 11.9 Å². The van der Waals surface area contributed by atoms with E-state index in [2.05, 4.69) is 36.1 Å². The molecule has 1 N–H and O–H groups in total. The van der Waals surface area contributed by atoms with Gasteiger partial charge in [0.2, 0.25) is 5.28 Å². The SMILES string of the molecule is Cc1c(CCCCOC(F)(F)F)c(Br)n2nc(Cl)nc(NCc3ccco3)c12. The Kier molecular flexibility index (Phi) is 6.51. The van der Waals surface area contributed by atoms with Crippen molar-refractivity contribution in [2.45, 2.75) is 39.1 Å². The molecule has 0 fully saturated rings. The molecule has 3 aromatic rings. The van der Waals surface area contributed by atoms with Crippen LogP contribution in [-0.2, 0) is 17.7 Å². The first-order valence-electron chi connectivity index (χ1n) is 8.46. The molecular weight excluding hydrogens is 465 g/mol. The molecule has 0 aliphatic carbocycles. The van der Waals surface area contributed by atoms with Gasteiger partial charge in [0.05, 0.1) is 19.4 Å². The summed E-state index contributed by atoms with van der Waals surface area (Å²) < 4.78 is 47.6. The Morgan fingerprint density at radius 3 is 2.82 bits per heavy atom. The highest BCUT2D eigenvalue weighted by molar-refractivity contribution is 9.10. The van der Waals surface area contributed by atoms with Crippen LogP contribution in [0.1, 0.15) is 29.7 Å². The van der Waals surface area contributed by atoms with Crippen LogP contribution in [0.25, 0.3) is 5.52 Å². The average Bonchev–Trinajstić information content (AvgIpc) is 3.21. The fourth-order valence-electron chi connectivity index (χ4n) is 2.89. The number of aryl methyl sites for hydroxylation is 1. The molecule has 0 unspecified atom stereocenters. The van der Waals surface area contributed by atoms with Gasteiger partial charge in [0.1, 0.15) is 15.9 Å². The van der Waals surface area contributed by atoms with Crippen LogP contribution in [0.5, 0.6) is 0 Å². The Balaban J connectivity index is 1.77. The van der Waals surface area contributed by atoms with Gasteiger partial charge in [0, 0.05) is 0 Å². The smallest absolute Gasteiger partial charge is 0.467 e. The highest BCUT2D eigenvalue weighted by Crippen LogP contribution is 2.32. The maximum Gasteiger partial charge on any atom is 0.522 e. The van der Waals surface area contributed by atoms with Gasteiger partial charge in [-0.2, -0.15) is 4.98 Å². The topological polar surface area (TPSA) is 64.6 Å². The van der Waals surface area contributed by atoms with Crippen LogP contribution < -0.4 is 5.32 Å². The molecule has 0 atom stereocenters. The lowest BCUT2D eigenvalue weighted by Gasteiger charge is -2.07. The summed E-state index contributed by atoms with van der Waals surface area (Å²) in [6.07, 6.45) is -1.63. The van der Waals surface area contributed by atoms with Crippen LogP contribution in [-0.4, -0.2) is 27.6 Å². The van der Waals surface area contributed by atoms with Crippen LogP contribution in [0.4, 0.5) is 19.0 Å². The van der Waals surface area contributed by atoms with Crippen molar-refractivity contribution < 1.29 is 22.3 Å². The first-order valence-corrected chi connectivity index (χ1v) is 9.63. The normalized spacial score (nSPS) is 12.1. The zero-order chi connectivity index (χ0) is 20.3. The highest BCUT2D eigenvalue weighted by Gasteiger charge is 2.28. The molecule has 0 saturated heterocycles. The Morgan fingerprint density at radius 1 is 1.36 bits per heavy atom. The average molecular weight is 482 g/mol. The minimum Gasteiger partial charge on any atom is -0.467 e. The molecule has 0 radical (unpaired) electrons. The van der Waals surface area contributed by atoms with Gasteiger partial charge in [0.25, 0.3) is 0 Å². The van der Waals surface area contributed by atoms with Crippen LogP contribution in [0.15, 0.2) is 27.4 Å². The van der Waals surface area contributed by atoms with E-state index in [0.717, 1.165) is 22.4 Å². The van der Waals surface area contributed by atoms with E-state index in [0.29, 0.717) is 29.8 Å². The number of fused-ring (bicyclic) bond motifs is 1. The van der Waals surface area contributed by atoms with E-state index in [4.69, 9.17) is 16.0 Å². The quantitative estimate of drug-likeness (QED) is 0.429. The minimum absolute atomic E-state index is 0.0651. The zero-order valence-electron chi connectivity index (χ0n) is 14.8. The van der Waals surface area contributed by atoms with E-state index in [1.165, 1.54) is 0 Å². The number of rotatable bonds is 8. The first kappa shape index (κ1) is 20.9. The fraction of sp³-hybridized carbons (Fsp3) is 0.412. The molecule has 0 spiro atoms. The maximum atomic E-state index is 12.1. The summed E-state index contributed by atoms with van der Waals surface area (Å²) in [7, 11) is 0. The molecule has 0 aliphatic rings. The van der Waals surface area contributed by atoms with E-state index in [9.17, 15) is 13.2 Å². The van der Waals surface area contributed by atoms with Gasteiger partial charge in [-0.05, 0) is 77.0 Å². The summed E-state index contributed by atoms with van der Waals surface area (Å²) in [5.41, 5.74) is 2.59.